The van der Waals surface area contributed by atoms with Crippen LogP contribution in [-0.4, -0.2) is 57.1 Å². The summed E-state index contributed by atoms with van der Waals surface area (Å²) >= 11 is 0. The van der Waals surface area contributed by atoms with Crippen LogP contribution in [0.1, 0.15) is 24.5 Å². The Hall–Kier alpha value is -2.22. The van der Waals surface area contributed by atoms with Gasteiger partial charge in [0.05, 0.1) is 13.2 Å². The lowest BCUT2D eigenvalue weighted by atomic mass is 9.98. The molecule has 0 saturated carbocycles. The second kappa shape index (κ2) is 8.65. The lowest BCUT2D eigenvalue weighted by Gasteiger charge is -2.28. The highest BCUT2D eigenvalue weighted by Gasteiger charge is 2.27. The first-order valence-electron chi connectivity index (χ1n) is 10.1. The van der Waals surface area contributed by atoms with Crippen LogP contribution in [-0.2, 0) is 21.2 Å². The van der Waals surface area contributed by atoms with Gasteiger partial charge in [0.15, 0.2) is 0 Å². The van der Waals surface area contributed by atoms with Crippen LogP contribution in [0.5, 0.6) is 0 Å². The van der Waals surface area contributed by atoms with Crippen LogP contribution in [0.4, 0.5) is 5.82 Å². The van der Waals surface area contributed by atoms with Crippen molar-refractivity contribution in [3.63, 3.8) is 0 Å². The van der Waals surface area contributed by atoms with Gasteiger partial charge in [0, 0.05) is 32.4 Å². The molecule has 2 aromatic rings. The minimum atomic E-state index is -3.50. The summed E-state index contributed by atoms with van der Waals surface area (Å²) in [4.78, 5) is 6.86. The van der Waals surface area contributed by atoms with Gasteiger partial charge < -0.3 is 9.64 Å². The number of hydrogen-bond acceptors (Lipinski definition) is 5. The summed E-state index contributed by atoms with van der Waals surface area (Å²) < 4.78 is 32.2. The topological polar surface area (TPSA) is 62.7 Å². The highest BCUT2D eigenvalue weighted by molar-refractivity contribution is 7.89. The first-order valence-corrected chi connectivity index (χ1v) is 11.6. The summed E-state index contributed by atoms with van der Waals surface area (Å²) in [6.45, 7) is 5.46. The van der Waals surface area contributed by atoms with Gasteiger partial charge in [-0.25, -0.2) is 13.4 Å². The molecule has 2 aliphatic heterocycles. The maximum atomic E-state index is 12.7. The first kappa shape index (κ1) is 20.1. The number of anilines is 1. The van der Waals surface area contributed by atoms with E-state index in [2.05, 4.69) is 47.1 Å². The number of sulfonamides is 1. The zero-order chi connectivity index (χ0) is 20.3. The fourth-order valence-electron chi connectivity index (χ4n) is 3.74. The molecular formula is C22H27N3O3S. The van der Waals surface area contributed by atoms with E-state index in [-0.39, 0.29) is 4.90 Å². The van der Waals surface area contributed by atoms with Gasteiger partial charge in [0.25, 0.3) is 0 Å². The Bertz CT molecular complexity index is 963. The number of nitrogens with zero attached hydrogens (tertiary/aromatic N) is 3. The molecule has 0 unspecified atom stereocenters. The number of rotatable bonds is 5. The van der Waals surface area contributed by atoms with Crippen molar-refractivity contribution in [3.05, 3.63) is 59.8 Å². The van der Waals surface area contributed by atoms with Crippen LogP contribution in [0.3, 0.4) is 0 Å². The summed E-state index contributed by atoms with van der Waals surface area (Å²) in [6.07, 6.45) is 5.71. The van der Waals surface area contributed by atoms with Crippen LogP contribution < -0.4 is 4.90 Å². The molecule has 0 bridgehead atoms. The standard InChI is InChI=1S/C22H27N3O3S/c1-2-18-3-5-19(6-4-18)20-9-11-24(12-10-20)22-8-7-21(17-23-22)29(26,27)25-13-15-28-16-14-25/h3-9,17H,2,10-16H2,1H3. The number of aromatic nitrogens is 1. The van der Waals surface area contributed by atoms with Gasteiger partial charge in [-0.2, -0.15) is 4.31 Å². The summed E-state index contributed by atoms with van der Waals surface area (Å²) in [5.74, 6) is 0.808. The highest BCUT2D eigenvalue weighted by atomic mass is 32.2. The zero-order valence-electron chi connectivity index (χ0n) is 16.8. The van der Waals surface area contributed by atoms with Gasteiger partial charge in [-0.3, -0.25) is 0 Å². The largest absolute Gasteiger partial charge is 0.379 e. The van der Waals surface area contributed by atoms with Crippen molar-refractivity contribution in [2.45, 2.75) is 24.7 Å². The summed E-state index contributed by atoms with van der Waals surface area (Å²) in [5.41, 5.74) is 3.99. The van der Waals surface area contributed by atoms with Crippen LogP contribution in [0.25, 0.3) is 5.57 Å². The molecule has 1 saturated heterocycles. The van der Waals surface area contributed by atoms with Crippen LogP contribution in [0, 0.1) is 0 Å². The number of benzene rings is 1. The Balaban J connectivity index is 1.44. The van der Waals surface area contributed by atoms with Gasteiger partial charge in [-0.05, 0) is 41.7 Å². The van der Waals surface area contributed by atoms with E-state index in [4.69, 9.17) is 4.74 Å². The van der Waals surface area contributed by atoms with E-state index in [1.54, 1.807) is 6.07 Å². The third kappa shape index (κ3) is 4.37. The number of ether oxygens (including phenoxy) is 1. The minimum Gasteiger partial charge on any atom is -0.379 e. The number of aryl methyl sites for hydroxylation is 1. The van der Waals surface area contributed by atoms with E-state index in [0.717, 1.165) is 31.7 Å². The van der Waals surface area contributed by atoms with Crippen molar-refractivity contribution < 1.29 is 13.2 Å². The van der Waals surface area contributed by atoms with E-state index >= 15 is 0 Å². The van der Waals surface area contributed by atoms with E-state index < -0.39 is 10.0 Å². The third-order valence-electron chi connectivity index (χ3n) is 5.59. The molecule has 0 N–H and O–H groups in total. The minimum absolute atomic E-state index is 0.243. The number of hydrogen-bond donors (Lipinski definition) is 0. The Morgan fingerprint density at radius 2 is 1.79 bits per heavy atom. The number of pyridine rings is 1. The molecule has 3 heterocycles. The number of morpholine rings is 1. The monoisotopic (exact) mass is 413 g/mol. The molecule has 4 rings (SSSR count). The molecule has 1 aromatic heterocycles. The Kier molecular flexibility index (Phi) is 5.99. The van der Waals surface area contributed by atoms with Crippen molar-refractivity contribution in [2.75, 3.05) is 44.3 Å². The Labute approximate surface area is 172 Å². The quantitative estimate of drug-likeness (QED) is 0.754. The molecule has 154 valence electrons. The molecule has 6 nitrogen and oxygen atoms in total. The van der Waals surface area contributed by atoms with Gasteiger partial charge in [-0.1, -0.05) is 37.3 Å². The molecule has 0 aliphatic carbocycles. The molecular weight excluding hydrogens is 386 g/mol. The molecule has 0 radical (unpaired) electrons. The van der Waals surface area contributed by atoms with Crippen molar-refractivity contribution in [3.8, 4) is 0 Å². The van der Waals surface area contributed by atoms with E-state index in [9.17, 15) is 8.42 Å². The fraction of sp³-hybridized carbons (Fsp3) is 0.409. The molecule has 0 spiro atoms. The van der Waals surface area contributed by atoms with Crippen LogP contribution in [0.15, 0.2) is 53.6 Å². The lowest BCUT2D eigenvalue weighted by Crippen LogP contribution is -2.40. The van der Waals surface area contributed by atoms with E-state index in [1.807, 2.05) is 6.07 Å². The van der Waals surface area contributed by atoms with Gasteiger partial charge in [0.1, 0.15) is 10.7 Å². The second-order valence-corrected chi connectivity index (χ2v) is 9.28. The molecule has 7 heteroatoms. The average molecular weight is 414 g/mol. The van der Waals surface area contributed by atoms with Crippen LogP contribution >= 0.6 is 0 Å². The van der Waals surface area contributed by atoms with Gasteiger partial charge >= 0.3 is 0 Å². The normalized spacial score (nSPS) is 18.5. The molecule has 0 amide bonds. The zero-order valence-corrected chi connectivity index (χ0v) is 17.6. The summed E-state index contributed by atoms with van der Waals surface area (Å²) in [7, 11) is -3.50. The molecule has 0 atom stereocenters. The Morgan fingerprint density at radius 3 is 2.38 bits per heavy atom. The first-order chi connectivity index (χ1) is 14.1. The van der Waals surface area contributed by atoms with Gasteiger partial charge in [0.2, 0.25) is 10.0 Å². The highest BCUT2D eigenvalue weighted by Crippen LogP contribution is 2.26. The smallest absolute Gasteiger partial charge is 0.244 e. The van der Waals surface area contributed by atoms with E-state index in [0.29, 0.717) is 26.3 Å². The predicted octanol–water partition coefficient (Wildman–Crippen LogP) is 2.96. The van der Waals surface area contributed by atoms with E-state index in [1.165, 1.54) is 27.2 Å². The van der Waals surface area contributed by atoms with Crippen LogP contribution in [0.2, 0.25) is 0 Å². The van der Waals surface area contributed by atoms with Crippen molar-refractivity contribution in [1.82, 2.24) is 9.29 Å². The summed E-state index contributed by atoms with van der Waals surface area (Å²) in [6, 6.07) is 12.3. The molecule has 1 aromatic carbocycles. The third-order valence-corrected chi connectivity index (χ3v) is 7.48. The van der Waals surface area contributed by atoms with Gasteiger partial charge in [-0.15, -0.1) is 0 Å². The maximum Gasteiger partial charge on any atom is 0.244 e. The average Bonchev–Trinajstić information content (AvgIpc) is 2.80. The van der Waals surface area contributed by atoms with Crippen molar-refractivity contribution >= 4 is 21.4 Å². The molecule has 1 fully saturated rings. The summed E-state index contributed by atoms with van der Waals surface area (Å²) in [5, 5.41) is 0. The van der Waals surface area contributed by atoms with Crippen molar-refractivity contribution in [1.29, 1.82) is 0 Å². The van der Waals surface area contributed by atoms with Crippen molar-refractivity contribution in [2.24, 2.45) is 0 Å². The lowest BCUT2D eigenvalue weighted by molar-refractivity contribution is 0.0730. The predicted molar refractivity (Wildman–Crippen MR) is 114 cm³/mol. The SMILES string of the molecule is CCc1ccc(C2=CCN(c3ccc(S(=O)(=O)N4CCOCC4)cn3)CC2)cc1. The fourth-order valence-corrected chi connectivity index (χ4v) is 5.10. The molecule has 2 aliphatic rings. The maximum absolute atomic E-state index is 12.7. The Morgan fingerprint density at radius 1 is 1.03 bits per heavy atom. The second-order valence-electron chi connectivity index (χ2n) is 7.34. The molecule has 29 heavy (non-hydrogen) atoms.